The van der Waals surface area contributed by atoms with Crippen molar-refractivity contribution in [3.8, 4) is 0 Å². The monoisotopic (exact) mass is 314 g/mol. The third-order valence-electron chi connectivity index (χ3n) is 3.08. The second kappa shape index (κ2) is 6.58. The van der Waals surface area contributed by atoms with Gasteiger partial charge >= 0.3 is 6.18 Å². The van der Waals surface area contributed by atoms with Gasteiger partial charge in [0.2, 0.25) is 0 Å². The van der Waals surface area contributed by atoms with E-state index >= 15 is 0 Å². The summed E-state index contributed by atoms with van der Waals surface area (Å²) in [4.78, 5) is 4.41. The normalized spacial score (nSPS) is 13.4. The third-order valence-corrected chi connectivity index (χ3v) is 3.87. The van der Waals surface area contributed by atoms with Gasteiger partial charge in [-0.15, -0.1) is 11.3 Å². The van der Waals surface area contributed by atoms with Crippen molar-refractivity contribution >= 4 is 11.3 Å². The summed E-state index contributed by atoms with van der Waals surface area (Å²) in [5, 5.41) is 6.07. The zero-order valence-corrected chi connectivity index (χ0v) is 12.7. The standard InChI is InChI=1S/C15H17F3N2S/c1-3-7-19-14(13-9-21-10(2)20-13)11-5-4-6-12(8-11)15(16,17)18/h4-6,8-9,14,19H,3,7H2,1-2H3. The van der Waals surface area contributed by atoms with E-state index in [9.17, 15) is 13.2 Å². The number of aromatic nitrogens is 1. The van der Waals surface area contributed by atoms with E-state index < -0.39 is 11.7 Å². The molecule has 1 atom stereocenters. The van der Waals surface area contributed by atoms with Crippen molar-refractivity contribution in [3.05, 3.63) is 51.5 Å². The van der Waals surface area contributed by atoms with Crippen molar-refractivity contribution in [2.75, 3.05) is 6.54 Å². The summed E-state index contributed by atoms with van der Waals surface area (Å²) in [5.74, 6) is 0. The SMILES string of the molecule is CCCNC(c1cccc(C(F)(F)F)c1)c1csc(C)n1. The molecule has 0 amide bonds. The Labute approximate surface area is 126 Å². The van der Waals surface area contributed by atoms with Gasteiger partial charge in [0.15, 0.2) is 0 Å². The van der Waals surface area contributed by atoms with Crippen LogP contribution in [0.15, 0.2) is 29.6 Å². The highest BCUT2D eigenvalue weighted by Gasteiger charge is 2.31. The average Bonchev–Trinajstić information content (AvgIpc) is 2.85. The molecule has 0 bridgehead atoms. The van der Waals surface area contributed by atoms with Crippen LogP contribution < -0.4 is 5.32 Å². The van der Waals surface area contributed by atoms with Crippen molar-refractivity contribution in [3.63, 3.8) is 0 Å². The molecular formula is C15H17F3N2S. The minimum atomic E-state index is -4.33. The van der Waals surface area contributed by atoms with Gasteiger partial charge in [-0.05, 0) is 37.6 Å². The van der Waals surface area contributed by atoms with Gasteiger partial charge in [-0.1, -0.05) is 19.1 Å². The van der Waals surface area contributed by atoms with E-state index in [2.05, 4.69) is 10.3 Å². The summed E-state index contributed by atoms with van der Waals surface area (Å²) < 4.78 is 38.6. The molecule has 0 spiro atoms. The second-order valence-electron chi connectivity index (χ2n) is 4.80. The zero-order chi connectivity index (χ0) is 15.5. The number of thiazole rings is 1. The molecular weight excluding hydrogens is 297 g/mol. The van der Waals surface area contributed by atoms with Crippen molar-refractivity contribution in [1.82, 2.24) is 10.3 Å². The summed E-state index contributed by atoms with van der Waals surface area (Å²) in [6.07, 6.45) is -3.43. The first kappa shape index (κ1) is 16.0. The molecule has 114 valence electrons. The molecule has 21 heavy (non-hydrogen) atoms. The van der Waals surface area contributed by atoms with Gasteiger partial charge in [0.05, 0.1) is 22.3 Å². The Morgan fingerprint density at radius 1 is 1.33 bits per heavy atom. The highest BCUT2D eigenvalue weighted by atomic mass is 32.1. The molecule has 0 aliphatic carbocycles. The molecule has 0 radical (unpaired) electrons. The largest absolute Gasteiger partial charge is 0.416 e. The smallest absolute Gasteiger partial charge is 0.305 e. The third kappa shape index (κ3) is 4.04. The maximum absolute atomic E-state index is 12.9. The molecule has 1 N–H and O–H groups in total. The van der Waals surface area contributed by atoms with Crippen LogP contribution in [0.2, 0.25) is 0 Å². The predicted molar refractivity (Wildman–Crippen MR) is 78.4 cm³/mol. The summed E-state index contributed by atoms with van der Waals surface area (Å²) in [7, 11) is 0. The van der Waals surface area contributed by atoms with E-state index in [1.807, 2.05) is 19.2 Å². The topological polar surface area (TPSA) is 24.9 Å². The fourth-order valence-electron chi connectivity index (χ4n) is 2.09. The molecule has 1 unspecified atom stereocenters. The first-order valence-corrected chi connectivity index (χ1v) is 7.62. The molecule has 0 aliphatic rings. The van der Waals surface area contributed by atoms with E-state index in [1.165, 1.54) is 23.5 Å². The number of aryl methyl sites for hydroxylation is 1. The molecule has 0 aliphatic heterocycles. The Bertz CT molecular complexity index is 593. The maximum Gasteiger partial charge on any atom is 0.416 e. The molecule has 0 fully saturated rings. The van der Waals surface area contributed by atoms with Crippen LogP contribution >= 0.6 is 11.3 Å². The van der Waals surface area contributed by atoms with Crippen LogP contribution in [0.25, 0.3) is 0 Å². The Morgan fingerprint density at radius 2 is 2.10 bits per heavy atom. The van der Waals surface area contributed by atoms with Crippen LogP contribution in [-0.2, 0) is 6.18 Å². The van der Waals surface area contributed by atoms with Gasteiger partial charge in [0, 0.05) is 5.38 Å². The van der Waals surface area contributed by atoms with Gasteiger partial charge in [-0.25, -0.2) is 4.98 Å². The highest BCUT2D eigenvalue weighted by Crippen LogP contribution is 2.32. The number of hydrogen-bond donors (Lipinski definition) is 1. The molecule has 0 saturated heterocycles. The minimum Gasteiger partial charge on any atom is -0.305 e. The van der Waals surface area contributed by atoms with Gasteiger partial charge in [0.1, 0.15) is 0 Å². The Morgan fingerprint density at radius 3 is 2.67 bits per heavy atom. The lowest BCUT2D eigenvalue weighted by atomic mass is 10.0. The van der Waals surface area contributed by atoms with Crippen molar-refractivity contribution in [2.24, 2.45) is 0 Å². The molecule has 0 saturated carbocycles. The summed E-state index contributed by atoms with van der Waals surface area (Å²) in [5.41, 5.74) is 0.726. The highest BCUT2D eigenvalue weighted by molar-refractivity contribution is 7.09. The van der Waals surface area contributed by atoms with E-state index in [4.69, 9.17) is 0 Å². The molecule has 2 aromatic rings. The zero-order valence-electron chi connectivity index (χ0n) is 11.9. The minimum absolute atomic E-state index is 0.308. The molecule has 2 nitrogen and oxygen atoms in total. The molecule has 1 aromatic heterocycles. The lowest BCUT2D eigenvalue weighted by molar-refractivity contribution is -0.137. The van der Waals surface area contributed by atoms with Crippen LogP contribution in [-0.4, -0.2) is 11.5 Å². The average molecular weight is 314 g/mol. The lowest BCUT2D eigenvalue weighted by Gasteiger charge is -2.18. The predicted octanol–water partition coefficient (Wildman–Crippen LogP) is 4.56. The quantitative estimate of drug-likeness (QED) is 0.875. The number of rotatable bonds is 5. The van der Waals surface area contributed by atoms with Gasteiger partial charge in [0.25, 0.3) is 0 Å². The van der Waals surface area contributed by atoms with Crippen LogP contribution in [0.3, 0.4) is 0 Å². The van der Waals surface area contributed by atoms with Crippen molar-refractivity contribution in [1.29, 1.82) is 0 Å². The summed E-state index contributed by atoms with van der Waals surface area (Å²) >= 11 is 1.50. The number of alkyl halides is 3. The van der Waals surface area contributed by atoms with E-state index in [0.29, 0.717) is 5.56 Å². The van der Waals surface area contributed by atoms with Crippen LogP contribution in [0.5, 0.6) is 0 Å². The Kier molecular flexibility index (Phi) is 5.00. The molecule has 6 heteroatoms. The summed E-state index contributed by atoms with van der Waals surface area (Å²) in [6, 6.07) is 5.13. The van der Waals surface area contributed by atoms with Gasteiger partial charge < -0.3 is 5.32 Å². The maximum atomic E-state index is 12.9. The fourth-order valence-corrected chi connectivity index (χ4v) is 2.73. The van der Waals surface area contributed by atoms with Crippen LogP contribution in [0.4, 0.5) is 13.2 Å². The van der Waals surface area contributed by atoms with Crippen molar-refractivity contribution < 1.29 is 13.2 Å². The van der Waals surface area contributed by atoms with Crippen LogP contribution in [0, 0.1) is 6.92 Å². The summed E-state index contributed by atoms with van der Waals surface area (Å²) in [6.45, 7) is 4.62. The van der Waals surface area contributed by atoms with Gasteiger partial charge in [-0.3, -0.25) is 0 Å². The first-order valence-electron chi connectivity index (χ1n) is 6.74. The number of benzene rings is 1. The van der Waals surface area contributed by atoms with Crippen LogP contribution in [0.1, 0.15) is 41.2 Å². The van der Waals surface area contributed by atoms with E-state index in [0.717, 1.165) is 29.7 Å². The number of halogens is 3. The van der Waals surface area contributed by atoms with Gasteiger partial charge in [-0.2, -0.15) is 13.2 Å². The molecule has 1 heterocycles. The Hall–Kier alpha value is -1.40. The Balaban J connectivity index is 2.37. The lowest BCUT2D eigenvalue weighted by Crippen LogP contribution is -2.24. The molecule has 1 aromatic carbocycles. The van der Waals surface area contributed by atoms with E-state index in [1.54, 1.807) is 6.07 Å². The van der Waals surface area contributed by atoms with Crippen molar-refractivity contribution in [2.45, 2.75) is 32.5 Å². The van der Waals surface area contributed by atoms with E-state index in [-0.39, 0.29) is 6.04 Å². The first-order chi connectivity index (χ1) is 9.91. The number of nitrogens with zero attached hydrogens (tertiary/aromatic N) is 1. The number of nitrogens with one attached hydrogen (secondary N) is 1. The second-order valence-corrected chi connectivity index (χ2v) is 5.86. The number of hydrogen-bond acceptors (Lipinski definition) is 3. The fraction of sp³-hybridized carbons (Fsp3) is 0.400. The molecule has 2 rings (SSSR count).